The van der Waals surface area contributed by atoms with E-state index in [1.165, 1.54) is 24.3 Å². The number of fused-ring (bicyclic) bond motifs is 1. The number of rotatable bonds is 3. The van der Waals surface area contributed by atoms with Crippen LogP contribution >= 0.6 is 11.3 Å². The number of nitrogens with zero attached hydrogens (tertiary/aromatic N) is 4. The van der Waals surface area contributed by atoms with Crippen molar-refractivity contribution in [1.82, 2.24) is 19.8 Å². The van der Waals surface area contributed by atoms with Gasteiger partial charge in [-0.1, -0.05) is 17.8 Å². The standard InChI is InChI=1S/C14H21N5OS/c15-8-10-2-1-3-11(10)13-18-19-12(16-17-14(19)21-13)9-4-6-20-7-5-9/h9-11H,1-8,15H2. The molecule has 1 aliphatic heterocycles. The lowest BCUT2D eigenvalue weighted by Crippen LogP contribution is -2.18. The summed E-state index contributed by atoms with van der Waals surface area (Å²) in [6, 6.07) is 0. The SMILES string of the molecule is NCC1CCCC1c1nn2c(C3CCOCC3)nnc2s1. The van der Waals surface area contributed by atoms with Crippen molar-refractivity contribution in [3.63, 3.8) is 0 Å². The van der Waals surface area contributed by atoms with E-state index >= 15 is 0 Å². The van der Waals surface area contributed by atoms with Crippen molar-refractivity contribution >= 4 is 16.3 Å². The summed E-state index contributed by atoms with van der Waals surface area (Å²) in [7, 11) is 0. The van der Waals surface area contributed by atoms with Crippen LogP contribution in [-0.2, 0) is 4.74 Å². The zero-order valence-corrected chi connectivity index (χ0v) is 12.9. The van der Waals surface area contributed by atoms with Crippen LogP contribution < -0.4 is 5.73 Å². The minimum absolute atomic E-state index is 0.428. The number of hydrogen-bond acceptors (Lipinski definition) is 6. The molecule has 2 aromatic rings. The summed E-state index contributed by atoms with van der Waals surface area (Å²) in [5.74, 6) is 2.54. The Hall–Kier alpha value is -1.05. The number of hydrogen-bond donors (Lipinski definition) is 1. The van der Waals surface area contributed by atoms with Crippen LogP contribution in [-0.4, -0.2) is 39.6 Å². The van der Waals surface area contributed by atoms with Crippen LogP contribution in [0.4, 0.5) is 0 Å². The summed E-state index contributed by atoms with van der Waals surface area (Å²) in [5, 5.41) is 14.7. The molecule has 0 spiro atoms. The molecule has 2 atom stereocenters. The van der Waals surface area contributed by atoms with Gasteiger partial charge in [0.15, 0.2) is 5.82 Å². The third-order valence-electron chi connectivity index (χ3n) is 4.90. The summed E-state index contributed by atoms with van der Waals surface area (Å²) in [6.45, 7) is 2.39. The second-order valence-electron chi connectivity index (χ2n) is 6.11. The first-order valence-corrected chi connectivity index (χ1v) is 8.68. The van der Waals surface area contributed by atoms with Gasteiger partial charge in [-0.15, -0.1) is 10.2 Å². The predicted molar refractivity (Wildman–Crippen MR) is 80.6 cm³/mol. The van der Waals surface area contributed by atoms with E-state index in [1.54, 1.807) is 11.3 Å². The Morgan fingerprint density at radius 1 is 1.19 bits per heavy atom. The fourth-order valence-electron chi connectivity index (χ4n) is 3.65. The molecule has 1 aliphatic carbocycles. The first kappa shape index (κ1) is 13.6. The molecule has 21 heavy (non-hydrogen) atoms. The maximum absolute atomic E-state index is 5.91. The van der Waals surface area contributed by atoms with Gasteiger partial charge in [-0.3, -0.25) is 0 Å². The average Bonchev–Trinajstić information content (AvgIpc) is 3.22. The molecule has 0 bridgehead atoms. The van der Waals surface area contributed by atoms with E-state index in [0.717, 1.165) is 43.4 Å². The van der Waals surface area contributed by atoms with Gasteiger partial charge in [0.05, 0.1) is 0 Å². The molecule has 0 radical (unpaired) electrons. The van der Waals surface area contributed by atoms with E-state index in [1.807, 2.05) is 4.52 Å². The first-order chi connectivity index (χ1) is 10.4. The molecular weight excluding hydrogens is 286 g/mol. The molecule has 6 nitrogen and oxygen atoms in total. The van der Waals surface area contributed by atoms with Crippen LogP contribution in [0, 0.1) is 5.92 Å². The summed E-state index contributed by atoms with van der Waals surface area (Å²) in [4.78, 5) is 0.925. The van der Waals surface area contributed by atoms with Crippen molar-refractivity contribution < 1.29 is 4.74 Å². The molecule has 2 fully saturated rings. The molecule has 1 saturated heterocycles. The van der Waals surface area contributed by atoms with Crippen LogP contribution in [0.1, 0.15) is 54.8 Å². The largest absolute Gasteiger partial charge is 0.381 e. The number of nitrogens with two attached hydrogens (primary N) is 1. The van der Waals surface area contributed by atoms with Gasteiger partial charge in [-0.05, 0) is 38.1 Å². The predicted octanol–water partition coefficient (Wildman–Crippen LogP) is 1.92. The Morgan fingerprint density at radius 3 is 2.86 bits per heavy atom. The fraction of sp³-hybridized carbons (Fsp3) is 0.786. The highest BCUT2D eigenvalue weighted by molar-refractivity contribution is 7.16. The van der Waals surface area contributed by atoms with Crippen LogP contribution in [0.5, 0.6) is 0 Å². The molecule has 2 N–H and O–H groups in total. The van der Waals surface area contributed by atoms with Crippen molar-refractivity contribution in [2.45, 2.75) is 43.9 Å². The van der Waals surface area contributed by atoms with E-state index in [2.05, 4.69) is 10.2 Å². The zero-order chi connectivity index (χ0) is 14.2. The third kappa shape index (κ3) is 2.37. The lowest BCUT2D eigenvalue weighted by Gasteiger charge is -2.19. The van der Waals surface area contributed by atoms with Gasteiger partial charge in [0.1, 0.15) is 5.01 Å². The molecule has 1 saturated carbocycles. The molecule has 2 aliphatic rings. The van der Waals surface area contributed by atoms with Gasteiger partial charge < -0.3 is 10.5 Å². The average molecular weight is 307 g/mol. The highest BCUT2D eigenvalue weighted by Gasteiger charge is 2.31. The Balaban J connectivity index is 1.65. The van der Waals surface area contributed by atoms with Gasteiger partial charge in [-0.2, -0.15) is 9.61 Å². The molecule has 4 rings (SSSR count). The normalized spacial score (nSPS) is 27.7. The van der Waals surface area contributed by atoms with Crippen molar-refractivity contribution in [1.29, 1.82) is 0 Å². The first-order valence-electron chi connectivity index (χ1n) is 7.86. The zero-order valence-electron chi connectivity index (χ0n) is 12.1. The van der Waals surface area contributed by atoms with Gasteiger partial charge in [0, 0.05) is 25.0 Å². The van der Waals surface area contributed by atoms with Crippen LogP contribution in [0.3, 0.4) is 0 Å². The van der Waals surface area contributed by atoms with E-state index in [4.69, 9.17) is 15.6 Å². The monoisotopic (exact) mass is 307 g/mol. The molecule has 0 amide bonds. The summed E-state index contributed by atoms with van der Waals surface area (Å²) in [5.41, 5.74) is 5.91. The Kier molecular flexibility index (Phi) is 3.64. The molecular formula is C14H21N5OS. The minimum Gasteiger partial charge on any atom is -0.381 e. The van der Waals surface area contributed by atoms with Crippen LogP contribution in [0.25, 0.3) is 4.96 Å². The number of ether oxygens (including phenoxy) is 1. The molecule has 0 aromatic carbocycles. The number of aromatic nitrogens is 4. The van der Waals surface area contributed by atoms with Crippen molar-refractivity contribution in [3.8, 4) is 0 Å². The summed E-state index contributed by atoms with van der Waals surface area (Å²) in [6.07, 6.45) is 5.73. The Morgan fingerprint density at radius 2 is 2.05 bits per heavy atom. The van der Waals surface area contributed by atoms with Gasteiger partial charge >= 0.3 is 0 Å². The fourth-order valence-corrected chi connectivity index (χ4v) is 4.72. The van der Waals surface area contributed by atoms with Crippen molar-refractivity contribution in [2.24, 2.45) is 11.7 Å². The van der Waals surface area contributed by atoms with E-state index in [-0.39, 0.29) is 0 Å². The highest BCUT2D eigenvalue weighted by atomic mass is 32.1. The van der Waals surface area contributed by atoms with E-state index < -0.39 is 0 Å². The quantitative estimate of drug-likeness (QED) is 0.937. The Bertz CT molecular complexity index is 618. The molecule has 2 unspecified atom stereocenters. The maximum atomic E-state index is 5.91. The highest BCUT2D eigenvalue weighted by Crippen LogP contribution is 2.40. The lowest BCUT2D eigenvalue weighted by atomic mass is 9.97. The summed E-state index contributed by atoms with van der Waals surface area (Å²) >= 11 is 1.69. The van der Waals surface area contributed by atoms with Crippen LogP contribution in [0.15, 0.2) is 0 Å². The van der Waals surface area contributed by atoms with Gasteiger partial charge in [0.2, 0.25) is 4.96 Å². The van der Waals surface area contributed by atoms with E-state index in [9.17, 15) is 0 Å². The van der Waals surface area contributed by atoms with Crippen molar-refractivity contribution in [2.75, 3.05) is 19.8 Å². The Labute approximate surface area is 127 Å². The second kappa shape index (κ2) is 5.62. The van der Waals surface area contributed by atoms with E-state index in [0.29, 0.717) is 17.8 Å². The molecule has 3 heterocycles. The topological polar surface area (TPSA) is 78.3 Å². The van der Waals surface area contributed by atoms with Gasteiger partial charge in [-0.25, -0.2) is 0 Å². The van der Waals surface area contributed by atoms with Crippen LogP contribution in [0.2, 0.25) is 0 Å². The van der Waals surface area contributed by atoms with Crippen molar-refractivity contribution in [3.05, 3.63) is 10.8 Å². The maximum Gasteiger partial charge on any atom is 0.234 e. The van der Waals surface area contributed by atoms with Gasteiger partial charge in [0.25, 0.3) is 0 Å². The molecule has 7 heteroatoms. The molecule has 2 aromatic heterocycles. The summed E-state index contributed by atoms with van der Waals surface area (Å²) < 4.78 is 7.41. The minimum atomic E-state index is 0.428. The smallest absolute Gasteiger partial charge is 0.234 e. The lowest BCUT2D eigenvalue weighted by molar-refractivity contribution is 0.0831. The second-order valence-corrected chi connectivity index (χ2v) is 7.10. The third-order valence-corrected chi connectivity index (χ3v) is 5.93. The molecule has 114 valence electrons.